The summed E-state index contributed by atoms with van der Waals surface area (Å²) in [6, 6.07) is 3.54. The molecule has 2 aromatic rings. The van der Waals surface area contributed by atoms with E-state index in [9.17, 15) is 13.6 Å². The normalized spacial score (nSPS) is 15.3. The number of carbonyl (C=O) groups is 1. The number of carbonyl (C=O) groups excluding carboxylic acids is 1. The number of hydrogen-bond donors (Lipinski definition) is 1. The third kappa shape index (κ3) is 3.85. The minimum Gasteiger partial charge on any atom is -0.337 e. The van der Waals surface area contributed by atoms with Crippen LogP contribution in [0.5, 0.6) is 0 Å². The standard InChI is InChI=1S/C16H17F2N3OS/c17-12-6-5-11(9-13(12)18)19-16-20-14(10-23-16)15(22)21-7-3-1-2-4-8-21/h5-6,9-10H,1-4,7-8H2,(H,19,20). The Labute approximate surface area is 137 Å². The van der Waals surface area contributed by atoms with E-state index in [0.717, 1.165) is 50.9 Å². The van der Waals surface area contributed by atoms with Gasteiger partial charge >= 0.3 is 0 Å². The van der Waals surface area contributed by atoms with Gasteiger partial charge in [-0.3, -0.25) is 4.79 Å². The van der Waals surface area contributed by atoms with Gasteiger partial charge in [0.25, 0.3) is 5.91 Å². The van der Waals surface area contributed by atoms with Crippen molar-refractivity contribution in [3.63, 3.8) is 0 Å². The van der Waals surface area contributed by atoms with Crippen molar-refractivity contribution < 1.29 is 13.6 Å². The zero-order valence-electron chi connectivity index (χ0n) is 12.5. The van der Waals surface area contributed by atoms with E-state index in [2.05, 4.69) is 10.3 Å². The molecule has 1 aliphatic heterocycles. The van der Waals surface area contributed by atoms with Crippen molar-refractivity contribution >= 4 is 28.1 Å². The quantitative estimate of drug-likeness (QED) is 0.914. The monoisotopic (exact) mass is 337 g/mol. The van der Waals surface area contributed by atoms with Crippen LogP contribution in [0.15, 0.2) is 23.6 Å². The summed E-state index contributed by atoms with van der Waals surface area (Å²) in [5, 5.41) is 5.06. The Balaban J connectivity index is 1.69. The lowest BCUT2D eigenvalue weighted by molar-refractivity contribution is 0.0756. The number of thiazole rings is 1. The van der Waals surface area contributed by atoms with Gasteiger partial charge in [-0.05, 0) is 25.0 Å². The molecule has 0 bridgehead atoms. The highest BCUT2D eigenvalue weighted by Crippen LogP contribution is 2.23. The second kappa shape index (κ2) is 7.04. The van der Waals surface area contributed by atoms with Crippen molar-refractivity contribution in [3.8, 4) is 0 Å². The van der Waals surface area contributed by atoms with E-state index in [1.165, 1.54) is 17.4 Å². The predicted molar refractivity (Wildman–Crippen MR) is 86.1 cm³/mol. The van der Waals surface area contributed by atoms with Crippen molar-refractivity contribution in [2.24, 2.45) is 0 Å². The summed E-state index contributed by atoms with van der Waals surface area (Å²) in [5.41, 5.74) is 0.786. The summed E-state index contributed by atoms with van der Waals surface area (Å²) in [6.07, 6.45) is 4.36. The maximum Gasteiger partial charge on any atom is 0.273 e. The average Bonchev–Trinajstić information content (AvgIpc) is 2.83. The predicted octanol–water partition coefficient (Wildman–Crippen LogP) is 4.18. The molecule has 1 aromatic carbocycles. The number of hydrogen-bond acceptors (Lipinski definition) is 4. The average molecular weight is 337 g/mol. The van der Waals surface area contributed by atoms with Crippen molar-refractivity contribution in [3.05, 3.63) is 40.9 Å². The highest BCUT2D eigenvalue weighted by Gasteiger charge is 2.20. The first-order valence-electron chi connectivity index (χ1n) is 7.60. The van der Waals surface area contributed by atoms with Gasteiger partial charge in [-0.15, -0.1) is 11.3 Å². The largest absolute Gasteiger partial charge is 0.337 e. The molecule has 2 heterocycles. The van der Waals surface area contributed by atoms with Crippen molar-refractivity contribution in [1.29, 1.82) is 0 Å². The maximum absolute atomic E-state index is 13.2. The van der Waals surface area contributed by atoms with Crippen LogP contribution in [0.3, 0.4) is 0 Å². The Morgan fingerprint density at radius 2 is 1.87 bits per heavy atom. The molecule has 7 heteroatoms. The zero-order valence-corrected chi connectivity index (χ0v) is 13.3. The van der Waals surface area contributed by atoms with Crippen LogP contribution in [0.25, 0.3) is 0 Å². The first-order valence-corrected chi connectivity index (χ1v) is 8.48. The molecule has 1 N–H and O–H groups in total. The fourth-order valence-electron chi connectivity index (χ4n) is 2.56. The highest BCUT2D eigenvalue weighted by molar-refractivity contribution is 7.14. The molecule has 0 saturated carbocycles. The Morgan fingerprint density at radius 3 is 2.57 bits per heavy atom. The van der Waals surface area contributed by atoms with E-state index in [4.69, 9.17) is 0 Å². The second-order valence-electron chi connectivity index (χ2n) is 5.50. The zero-order chi connectivity index (χ0) is 16.2. The van der Waals surface area contributed by atoms with E-state index in [1.807, 2.05) is 4.90 Å². The van der Waals surface area contributed by atoms with Crippen molar-refractivity contribution in [2.75, 3.05) is 18.4 Å². The summed E-state index contributed by atoms with van der Waals surface area (Å²) in [7, 11) is 0. The molecule has 1 aliphatic rings. The van der Waals surface area contributed by atoms with E-state index >= 15 is 0 Å². The molecule has 0 radical (unpaired) electrons. The SMILES string of the molecule is O=C(c1csc(Nc2ccc(F)c(F)c2)n1)N1CCCCCC1. The fourth-order valence-corrected chi connectivity index (χ4v) is 3.27. The van der Waals surface area contributed by atoms with E-state index < -0.39 is 11.6 Å². The molecule has 1 aromatic heterocycles. The van der Waals surface area contributed by atoms with Crippen LogP contribution in [0, 0.1) is 11.6 Å². The van der Waals surface area contributed by atoms with E-state index in [1.54, 1.807) is 5.38 Å². The number of nitrogens with zero attached hydrogens (tertiary/aromatic N) is 2. The third-order valence-electron chi connectivity index (χ3n) is 3.79. The molecule has 0 spiro atoms. The van der Waals surface area contributed by atoms with Gasteiger partial charge in [0.05, 0.1) is 0 Å². The number of benzene rings is 1. The molecule has 1 saturated heterocycles. The van der Waals surface area contributed by atoms with Gasteiger partial charge in [-0.1, -0.05) is 12.8 Å². The minimum atomic E-state index is -0.924. The highest BCUT2D eigenvalue weighted by atomic mass is 32.1. The molecule has 1 amide bonds. The van der Waals surface area contributed by atoms with Gasteiger partial charge in [0.15, 0.2) is 16.8 Å². The number of aromatic nitrogens is 1. The summed E-state index contributed by atoms with van der Waals surface area (Å²) >= 11 is 1.27. The van der Waals surface area contributed by atoms with Gasteiger partial charge in [0.1, 0.15) is 5.69 Å². The first-order chi connectivity index (χ1) is 11.1. The van der Waals surface area contributed by atoms with Crippen molar-refractivity contribution in [1.82, 2.24) is 9.88 Å². The Hall–Kier alpha value is -2.02. The molecule has 1 fully saturated rings. The molecular formula is C16H17F2N3OS. The van der Waals surface area contributed by atoms with Crippen LogP contribution in [-0.2, 0) is 0 Å². The summed E-state index contributed by atoms with van der Waals surface area (Å²) < 4.78 is 26.1. The molecular weight excluding hydrogens is 320 g/mol. The number of amides is 1. The van der Waals surface area contributed by atoms with Crippen LogP contribution < -0.4 is 5.32 Å². The van der Waals surface area contributed by atoms with Gasteiger partial charge in [-0.25, -0.2) is 13.8 Å². The molecule has 0 unspecified atom stereocenters. The smallest absolute Gasteiger partial charge is 0.273 e. The summed E-state index contributed by atoms with van der Waals surface area (Å²) in [4.78, 5) is 18.5. The molecule has 0 aliphatic carbocycles. The Bertz CT molecular complexity index is 696. The number of anilines is 2. The van der Waals surface area contributed by atoms with Gasteiger partial charge in [0, 0.05) is 30.2 Å². The molecule has 4 nitrogen and oxygen atoms in total. The number of rotatable bonds is 3. The van der Waals surface area contributed by atoms with Crippen molar-refractivity contribution in [2.45, 2.75) is 25.7 Å². The molecule has 23 heavy (non-hydrogen) atoms. The second-order valence-corrected chi connectivity index (χ2v) is 6.36. The molecule has 122 valence electrons. The topological polar surface area (TPSA) is 45.2 Å². The van der Waals surface area contributed by atoms with Gasteiger partial charge in [0.2, 0.25) is 0 Å². The van der Waals surface area contributed by atoms with E-state index in [-0.39, 0.29) is 5.91 Å². The Morgan fingerprint density at radius 1 is 1.13 bits per heavy atom. The molecule has 0 atom stereocenters. The fraction of sp³-hybridized carbons (Fsp3) is 0.375. The maximum atomic E-state index is 13.2. The summed E-state index contributed by atoms with van der Waals surface area (Å²) in [5.74, 6) is -1.89. The lowest BCUT2D eigenvalue weighted by Gasteiger charge is -2.18. The van der Waals surface area contributed by atoms with Crippen LogP contribution in [0.4, 0.5) is 19.6 Å². The number of likely N-dealkylation sites (tertiary alicyclic amines) is 1. The lowest BCUT2D eigenvalue weighted by atomic mass is 10.2. The Kier molecular flexibility index (Phi) is 4.85. The lowest BCUT2D eigenvalue weighted by Crippen LogP contribution is -2.32. The first kappa shape index (κ1) is 15.9. The number of halogens is 2. The van der Waals surface area contributed by atoms with Crippen LogP contribution >= 0.6 is 11.3 Å². The minimum absolute atomic E-state index is 0.0681. The van der Waals surface area contributed by atoms with Crippen LogP contribution in [-0.4, -0.2) is 28.9 Å². The van der Waals surface area contributed by atoms with Crippen LogP contribution in [0.2, 0.25) is 0 Å². The van der Waals surface area contributed by atoms with Crippen LogP contribution in [0.1, 0.15) is 36.2 Å². The van der Waals surface area contributed by atoms with E-state index in [0.29, 0.717) is 16.5 Å². The third-order valence-corrected chi connectivity index (χ3v) is 4.55. The summed E-state index contributed by atoms with van der Waals surface area (Å²) in [6.45, 7) is 1.53. The molecule has 3 rings (SSSR count). The van der Waals surface area contributed by atoms with Gasteiger partial charge < -0.3 is 10.2 Å². The number of nitrogens with one attached hydrogen (secondary N) is 1. The van der Waals surface area contributed by atoms with Gasteiger partial charge in [-0.2, -0.15) is 0 Å².